The first kappa shape index (κ1) is 13.2. The van der Waals surface area contributed by atoms with Gasteiger partial charge >= 0.3 is 5.97 Å². The molecule has 0 heterocycles. The zero-order valence-electron chi connectivity index (χ0n) is 11.0. The van der Waals surface area contributed by atoms with Gasteiger partial charge < -0.3 is 5.11 Å². The van der Waals surface area contributed by atoms with Gasteiger partial charge in [0, 0.05) is 10.6 Å². The molecule has 0 radical (unpaired) electrons. The number of hydrogen-bond donors (Lipinski definition) is 1. The summed E-state index contributed by atoms with van der Waals surface area (Å²) in [5.41, 5.74) is 3.51. The van der Waals surface area contributed by atoms with Crippen molar-refractivity contribution in [2.45, 2.75) is 25.2 Å². The lowest BCUT2D eigenvalue weighted by Gasteiger charge is -2.26. The largest absolute Gasteiger partial charge is 0.478 e. The van der Waals surface area contributed by atoms with Crippen molar-refractivity contribution < 1.29 is 9.90 Å². The van der Waals surface area contributed by atoms with Crippen LogP contribution in [0.1, 0.15) is 41.1 Å². The second kappa shape index (κ2) is 5.29. The maximum absolute atomic E-state index is 10.9. The van der Waals surface area contributed by atoms with E-state index in [4.69, 9.17) is 16.7 Å². The molecule has 2 aromatic carbocycles. The van der Waals surface area contributed by atoms with Crippen LogP contribution in [0.15, 0.2) is 42.5 Å². The van der Waals surface area contributed by atoms with E-state index in [0.717, 1.165) is 11.1 Å². The summed E-state index contributed by atoms with van der Waals surface area (Å²) in [5.74, 6) is -0.284. The van der Waals surface area contributed by atoms with E-state index in [-0.39, 0.29) is 5.56 Å². The third-order valence-corrected chi connectivity index (χ3v) is 4.30. The van der Waals surface area contributed by atoms with Gasteiger partial charge in [-0.2, -0.15) is 0 Å². The number of halogens is 1. The van der Waals surface area contributed by atoms with E-state index >= 15 is 0 Å². The SMILES string of the molecule is O=C(O)c1ccc(-c2cccc(C3CCC3)c2)c(Cl)c1. The van der Waals surface area contributed by atoms with Crippen molar-refractivity contribution >= 4 is 17.6 Å². The van der Waals surface area contributed by atoms with Gasteiger partial charge in [0.25, 0.3) is 0 Å². The van der Waals surface area contributed by atoms with Gasteiger partial charge in [-0.15, -0.1) is 0 Å². The summed E-state index contributed by atoms with van der Waals surface area (Å²) in [5, 5.41) is 9.45. The Morgan fingerprint density at radius 2 is 1.95 bits per heavy atom. The van der Waals surface area contributed by atoms with E-state index < -0.39 is 5.97 Å². The zero-order valence-corrected chi connectivity index (χ0v) is 11.7. The average molecular weight is 287 g/mol. The molecule has 102 valence electrons. The summed E-state index contributed by atoms with van der Waals surface area (Å²) in [7, 11) is 0. The molecule has 2 nitrogen and oxygen atoms in total. The standard InChI is InChI=1S/C17H15ClO2/c18-16-10-14(17(19)20)7-8-15(16)13-6-2-5-12(9-13)11-3-1-4-11/h2,5-11H,1,3-4H2,(H,19,20). The molecule has 3 rings (SSSR count). The quantitative estimate of drug-likeness (QED) is 0.864. The van der Waals surface area contributed by atoms with Crippen molar-refractivity contribution in [2.75, 3.05) is 0 Å². The van der Waals surface area contributed by atoms with Crippen molar-refractivity contribution in [3.05, 3.63) is 58.6 Å². The molecule has 0 aliphatic heterocycles. The zero-order chi connectivity index (χ0) is 14.1. The molecule has 0 atom stereocenters. The molecule has 1 aliphatic rings. The number of carboxylic acid groups (broad SMARTS) is 1. The smallest absolute Gasteiger partial charge is 0.335 e. The van der Waals surface area contributed by atoms with Crippen LogP contribution in [0.3, 0.4) is 0 Å². The highest BCUT2D eigenvalue weighted by atomic mass is 35.5. The average Bonchev–Trinajstić information content (AvgIpc) is 2.36. The summed E-state index contributed by atoms with van der Waals surface area (Å²) in [6.45, 7) is 0. The Hall–Kier alpha value is -1.80. The minimum Gasteiger partial charge on any atom is -0.478 e. The van der Waals surface area contributed by atoms with E-state index in [2.05, 4.69) is 12.1 Å². The fraction of sp³-hybridized carbons (Fsp3) is 0.235. The lowest BCUT2D eigenvalue weighted by Crippen LogP contribution is -2.08. The number of benzene rings is 2. The highest BCUT2D eigenvalue weighted by Gasteiger charge is 2.19. The molecule has 3 heteroatoms. The lowest BCUT2D eigenvalue weighted by atomic mass is 9.79. The van der Waals surface area contributed by atoms with Gasteiger partial charge in [0.15, 0.2) is 0 Å². The first-order chi connectivity index (χ1) is 9.65. The van der Waals surface area contributed by atoms with Crippen molar-refractivity contribution in [1.82, 2.24) is 0 Å². The summed E-state index contributed by atoms with van der Waals surface area (Å²) < 4.78 is 0. The van der Waals surface area contributed by atoms with E-state index in [9.17, 15) is 4.79 Å². The van der Waals surface area contributed by atoms with Gasteiger partial charge in [0.1, 0.15) is 0 Å². The highest BCUT2D eigenvalue weighted by molar-refractivity contribution is 6.33. The fourth-order valence-corrected chi connectivity index (χ4v) is 2.87. The van der Waals surface area contributed by atoms with Gasteiger partial charge in [-0.1, -0.05) is 48.4 Å². The third-order valence-electron chi connectivity index (χ3n) is 3.99. The van der Waals surface area contributed by atoms with E-state index in [0.29, 0.717) is 10.9 Å². The first-order valence-corrected chi connectivity index (χ1v) is 7.16. The second-order valence-corrected chi connectivity index (χ2v) is 5.66. The molecule has 1 aliphatic carbocycles. The first-order valence-electron chi connectivity index (χ1n) is 6.78. The summed E-state index contributed by atoms with van der Waals surface area (Å²) in [6.07, 6.45) is 3.83. The molecular formula is C17H15ClO2. The summed E-state index contributed by atoms with van der Waals surface area (Å²) in [6, 6.07) is 13.3. The van der Waals surface area contributed by atoms with Crippen molar-refractivity contribution in [3.8, 4) is 11.1 Å². The molecule has 1 fully saturated rings. The molecule has 20 heavy (non-hydrogen) atoms. The van der Waals surface area contributed by atoms with Gasteiger partial charge in [-0.05, 0) is 42.0 Å². The second-order valence-electron chi connectivity index (χ2n) is 5.25. The van der Waals surface area contributed by atoms with Gasteiger partial charge in [-0.25, -0.2) is 4.79 Å². The van der Waals surface area contributed by atoms with Crippen LogP contribution in [-0.2, 0) is 0 Å². The maximum Gasteiger partial charge on any atom is 0.335 e. The van der Waals surface area contributed by atoms with E-state index in [1.54, 1.807) is 12.1 Å². The van der Waals surface area contributed by atoms with Crippen LogP contribution in [0.5, 0.6) is 0 Å². The Morgan fingerprint density at radius 1 is 1.15 bits per heavy atom. The Labute approximate surface area is 123 Å². The number of rotatable bonds is 3. The predicted molar refractivity (Wildman–Crippen MR) is 80.4 cm³/mol. The highest BCUT2D eigenvalue weighted by Crippen LogP contribution is 2.38. The van der Waals surface area contributed by atoms with Crippen LogP contribution < -0.4 is 0 Å². The Balaban J connectivity index is 1.98. The molecule has 0 unspecified atom stereocenters. The van der Waals surface area contributed by atoms with Crippen LogP contribution >= 0.6 is 11.6 Å². The van der Waals surface area contributed by atoms with Gasteiger partial charge in [0.2, 0.25) is 0 Å². The molecular weight excluding hydrogens is 272 g/mol. The Morgan fingerprint density at radius 3 is 2.55 bits per heavy atom. The molecule has 1 N–H and O–H groups in total. The fourth-order valence-electron chi connectivity index (χ4n) is 2.58. The number of carbonyl (C=O) groups is 1. The van der Waals surface area contributed by atoms with Crippen molar-refractivity contribution in [2.24, 2.45) is 0 Å². The molecule has 1 saturated carbocycles. The van der Waals surface area contributed by atoms with Crippen molar-refractivity contribution in [1.29, 1.82) is 0 Å². The number of aromatic carboxylic acids is 1. The van der Waals surface area contributed by atoms with Crippen LogP contribution in [0.4, 0.5) is 0 Å². The van der Waals surface area contributed by atoms with Crippen LogP contribution in [-0.4, -0.2) is 11.1 Å². The molecule has 2 aromatic rings. The third kappa shape index (κ3) is 2.44. The molecule has 0 aromatic heterocycles. The maximum atomic E-state index is 10.9. The number of hydrogen-bond acceptors (Lipinski definition) is 1. The monoisotopic (exact) mass is 286 g/mol. The van der Waals surface area contributed by atoms with Crippen LogP contribution in [0.2, 0.25) is 5.02 Å². The molecule has 0 bridgehead atoms. The molecule has 0 spiro atoms. The Kier molecular flexibility index (Phi) is 3.49. The Bertz CT molecular complexity index is 660. The minimum absolute atomic E-state index is 0.217. The van der Waals surface area contributed by atoms with Gasteiger partial charge in [-0.3, -0.25) is 0 Å². The van der Waals surface area contributed by atoms with Crippen LogP contribution in [0.25, 0.3) is 11.1 Å². The summed E-state index contributed by atoms with van der Waals surface area (Å²) in [4.78, 5) is 10.9. The molecule has 0 amide bonds. The minimum atomic E-state index is -0.957. The van der Waals surface area contributed by atoms with Gasteiger partial charge in [0.05, 0.1) is 5.56 Å². The predicted octanol–water partition coefficient (Wildman–Crippen LogP) is 4.97. The van der Waals surface area contributed by atoms with Crippen molar-refractivity contribution in [3.63, 3.8) is 0 Å². The lowest BCUT2D eigenvalue weighted by molar-refractivity contribution is 0.0697. The van der Waals surface area contributed by atoms with Crippen LogP contribution in [0, 0.1) is 0 Å². The topological polar surface area (TPSA) is 37.3 Å². The number of carboxylic acids is 1. The van der Waals surface area contributed by atoms with E-state index in [1.807, 2.05) is 12.1 Å². The van der Waals surface area contributed by atoms with E-state index in [1.165, 1.54) is 30.9 Å². The normalized spacial score (nSPS) is 14.8. The summed E-state index contributed by atoms with van der Waals surface area (Å²) >= 11 is 6.22. The molecule has 0 saturated heterocycles.